The Morgan fingerprint density at radius 2 is 1.86 bits per heavy atom. The highest BCUT2D eigenvalue weighted by Gasteiger charge is 2.28. The monoisotopic (exact) mass is 329 g/mol. The first-order valence-electron chi connectivity index (χ1n) is 6.40. The predicted octanol–water partition coefficient (Wildman–Crippen LogP) is 2.90. The van der Waals surface area contributed by atoms with Gasteiger partial charge in [-0.25, -0.2) is 13.8 Å². The number of aromatic nitrogens is 1. The molecular weight excluding hydrogens is 313 g/mol. The number of hydrogen-bond donors (Lipinski definition) is 0. The summed E-state index contributed by atoms with van der Waals surface area (Å²) in [7, 11) is -3.19. The van der Waals surface area contributed by atoms with E-state index in [1.807, 2.05) is 0 Å². The van der Waals surface area contributed by atoms with E-state index >= 15 is 0 Å². The average molecular weight is 329 g/mol. The van der Waals surface area contributed by atoms with Gasteiger partial charge in [0.05, 0.1) is 12.6 Å². The van der Waals surface area contributed by atoms with E-state index in [2.05, 4.69) is 4.18 Å². The summed E-state index contributed by atoms with van der Waals surface area (Å²) in [6, 6.07) is 4.74. The minimum Gasteiger partial charge on any atom is -0.443 e. The third-order valence-corrected chi connectivity index (χ3v) is 4.03. The zero-order chi connectivity index (χ0) is 16.7. The summed E-state index contributed by atoms with van der Waals surface area (Å²) in [4.78, 5) is 12.3. The molecule has 1 aromatic heterocycles. The van der Waals surface area contributed by atoms with Gasteiger partial charge in [0.2, 0.25) is 0 Å². The quantitative estimate of drug-likeness (QED) is 0.792. The van der Waals surface area contributed by atoms with Gasteiger partial charge in [0.1, 0.15) is 11.4 Å². The lowest BCUT2D eigenvalue weighted by Crippen LogP contribution is -2.28. The number of carbonyl (C=O) groups is 1. The summed E-state index contributed by atoms with van der Waals surface area (Å²) in [5.74, 6) is -0.546. The van der Waals surface area contributed by atoms with Crippen LogP contribution in [0.4, 0.5) is 9.18 Å². The van der Waals surface area contributed by atoms with Gasteiger partial charge in [-0.05, 0) is 45.0 Å². The highest BCUT2D eigenvalue weighted by atomic mass is 32.2. The van der Waals surface area contributed by atoms with Crippen molar-refractivity contribution < 1.29 is 26.5 Å². The van der Waals surface area contributed by atoms with E-state index in [1.165, 1.54) is 12.1 Å². The summed E-state index contributed by atoms with van der Waals surface area (Å²) < 4.78 is 47.9. The molecule has 0 unspecified atom stereocenters. The third-order valence-electron chi connectivity index (χ3n) is 2.78. The van der Waals surface area contributed by atoms with Crippen LogP contribution < -0.4 is 0 Å². The summed E-state index contributed by atoms with van der Waals surface area (Å²) >= 11 is 0. The Hall–Kier alpha value is -1.93. The van der Waals surface area contributed by atoms with Crippen molar-refractivity contribution in [1.82, 2.24) is 4.57 Å². The maximum atomic E-state index is 13.3. The molecule has 0 saturated heterocycles. The van der Waals surface area contributed by atoms with Crippen LogP contribution in [0.25, 0.3) is 10.9 Å². The van der Waals surface area contributed by atoms with E-state index in [0.717, 1.165) is 23.8 Å². The van der Waals surface area contributed by atoms with E-state index in [-0.39, 0.29) is 10.9 Å². The summed E-state index contributed by atoms with van der Waals surface area (Å²) in [5.41, 5.74) is -0.604. The largest absolute Gasteiger partial charge is 0.443 e. The Morgan fingerprint density at radius 1 is 1.23 bits per heavy atom. The van der Waals surface area contributed by atoms with Crippen molar-refractivity contribution >= 4 is 27.1 Å². The van der Waals surface area contributed by atoms with Crippen molar-refractivity contribution in [3.63, 3.8) is 0 Å². The fraction of sp³-hybridized carbons (Fsp3) is 0.357. The molecule has 22 heavy (non-hydrogen) atoms. The Balaban J connectivity index is 2.74. The van der Waals surface area contributed by atoms with Crippen molar-refractivity contribution in [1.29, 1.82) is 0 Å². The molecule has 1 aromatic carbocycles. The molecule has 0 saturated carbocycles. The number of nitrogens with zero attached hydrogens (tertiary/aromatic N) is 1. The molecule has 0 N–H and O–H groups in total. The number of hydrogen-bond acceptors (Lipinski definition) is 5. The van der Waals surface area contributed by atoms with E-state index in [9.17, 15) is 17.6 Å². The van der Waals surface area contributed by atoms with Gasteiger partial charge < -0.3 is 4.74 Å². The lowest BCUT2D eigenvalue weighted by molar-refractivity contribution is 0.0529. The van der Waals surface area contributed by atoms with Crippen molar-refractivity contribution in [2.75, 3.05) is 7.11 Å². The van der Waals surface area contributed by atoms with Crippen LogP contribution in [0.15, 0.2) is 29.3 Å². The molecule has 0 amide bonds. The van der Waals surface area contributed by atoms with E-state index in [4.69, 9.17) is 4.74 Å². The van der Waals surface area contributed by atoms with Gasteiger partial charge in [-0.15, -0.1) is 0 Å². The van der Waals surface area contributed by atoms with Crippen molar-refractivity contribution in [3.05, 3.63) is 30.1 Å². The first kappa shape index (κ1) is 16.4. The molecule has 120 valence electrons. The zero-order valence-corrected chi connectivity index (χ0v) is 13.4. The SMILES string of the molecule is COS(=O)(=O)c1cc2cc(F)ccc2n1C(=O)OC(C)(C)C. The van der Waals surface area contributed by atoms with Crippen LogP contribution in [-0.2, 0) is 19.0 Å². The third kappa shape index (κ3) is 3.12. The first-order valence-corrected chi connectivity index (χ1v) is 7.81. The van der Waals surface area contributed by atoms with Gasteiger partial charge >= 0.3 is 16.2 Å². The Morgan fingerprint density at radius 3 is 2.41 bits per heavy atom. The summed E-state index contributed by atoms with van der Waals surface area (Å²) in [5, 5.41) is -0.161. The minimum absolute atomic E-state index is 0.214. The van der Waals surface area contributed by atoms with E-state index in [1.54, 1.807) is 20.8 Å². The van der Waals surface area contributed by atoms with Crippen LogP contribution >= 0.6 is 0 Å². The topological polar surface area (TPSA) is 74.6 Å². The minimum atomic E-state index is -4.16. The summed E-state index contributed by atoms with van der Waals surface area (Å²) in [6.45, 7) is 4.96. The van der Waals surface area contributed by atoms with Crippen molar-refractivity contribution in [2.24, 2.45) is 0 Å². The Kier molecular flexibility index (Phi) is 4.01. The molecule has 1 heterocycles. The number of rotatable bonds is 2. The van der Waals surface area contributed by atoms with Gasteiger partial charge in [-0.1, -0.05) is 0 Å². The van der Waals surface area contributed by atoms with E-state index < -0.39 is 32.7 Å². The molecule has 8 heteroatoms. The normalized spacial score (nSPS) is 12.6. The maximum absolute atomic E-state index is 13.3. The average Bonchev–Trinajstić information content (AvgIpc) is 2.75. The molecule has 0 aliphatic carbocycles. The maximum Gasteiger partial charge on any atom is 0.420 e. The predicted molar refractivity (Wildman–Crippen MR) is 77.7 cm³/mol. The number of benzene rings is 1. The van der Waals surface area contributed by atoms with Gasteiger partial charge in [-0.2, -0.15) is 8.42 Å². The number of halogens is 1. The molecule has 0 aliphatic heterocycles. The number of fused-ring (bicyclic) bond motifs is 1. The number of carbonyl (C=O) groups excluding carboxylic acids is 1. The fourth-order valence-corrected chi connectivity index (χ4v) is 2.76. The fourth-order valence-electron chi connectivity index (χ4n) is 1.93. The highest BCUT2D eigenvalue weighted by Crippen LogP contribution is 2.26. The molecule has 0 atom stereocenters. The molecule has 2 aromatic rings. The second-order valence-electron chi connectivity index (χ2n) is 5.62. The van der Waals surface area contributed by atoms with Crippen molar-refractivity contribution in [2.45, 2.75) is 31.4 Å². The van der Waals surface area contributed by atoms with Crippen LogP contribution in [0.2, 0.25) is 0 Å². The molecule has 0 radical (unpaired) electrons. The second kappa shape index (κ2) is 5.36. The van der Waals surface area contributed by atoms with Crippen LogP contribution in [0.1, 0.15) is 20.8 Å². The lowest BCUT2D eigenvalue weighted by Gasteiger charge is -2.20. The van der Waals surface area contributed by atoms with Crippen LogP contribution in [0.3, 0.4) is 0 Å². The highest BCUT2D eigenvalue weighted by molar-refractivity contribution is 7.86. The van der Waals surface area contributed by atoms with Gasteiger partial charge in [0.25, 0.3) is 0 Å². The smallest absolute Gasteiger partial charge is 0.420 e. The molecule has 0 bridgehead atoms. The van der Waals surface area contributed by atoms with Crippen LogP contribution in [0, 0.1) is 5.82 Å². The molecule has 6 nitrogen and oxygen atoms in total. The van der Waals surface area contributed by atoms with Crippen LogP contribution in [-0.4, -0.2) is 31.8 Å². The van der Waals surface area contributed by atoms with Gasteiger partial charge in [-0.3, -0.25) is 4.18 Å². The summed E-state index contributed by atoms with van der Waals surface area (Å²) in [6.07, 6.45) is -0.885. The molecule has 0 aliphatic rings. The van der Waals surface area contributed by atoms with Gasteiger partial charge in [0, 0.05) is 5.39 Å². The molecule has 0 spiro atoms. The number of ether oxygens (including phenoxy) is 1. The Labute approximate surface area is 127 Å². The second-order valence-corrected chi connectivity index (χ2v) is 7.28. The lowest BCUT2D eigenvalue weighted by atomic mass is 10.2. The van der Waals surface area contributed by atoms with Crippen LogP contribution in [0.5, 0.6) is 0 Å². The first-order chi connectivity index (χ1) is 10.0. The van der Waals surface area contributed by atoms with Gasteiger partial charge in [0.15, 0.2) is 5.03 Å². The Bertz CT molecular complexity index is 833. The molecule has 0 fully saturated rings. The van der Waals surface area contributed by atoms with Crippen molar-refractivity contribution in [3.8, 4) is 0 Å². The van der Waals surface area contributed by atoms with E-state index in [0.29, 0.717) is 0 Å². The molecule has 2 rings (SSSR count). The standard InChI is InChI=1S/C14H16FNO5S/c1-14(2,3)21-13(17)16-11-6-5-10(15)7-9(11)8-12(16)22(18,19)20-4/h5-8H,1-4H3. The zero-order valence-electron chi connectivity index (χ0n) is 12.6. The molecular formula is C14H16FNO5S.